The highest BCUT2D eigenvalue weighted by molar-refractivity contribution is 5.82. The van der Waals surface area contributed by atoms with Crippen LogP contribution in [0.5, 0.6) is 0 Å². The summed E-state index contributed by atoms with van der Waals surface area (Å²) < 4.78 is 28.9. The van der Waals surface area contributed by atoms with Gasteiger partial charge in [0, 0.05) is 66.7 Å². The van der Waals surface area contributed by atoms with E-state index < -0.39 is 5.92 Å². The summed E-state index contributed by atoms with van der Waals surface area (Å²) >= 11 is 0. The fourth-order valence-corrected chi connectivity index (χ4v) is 3.87. The Bertz CT molecular complexity index is 1260. The summed E-state index contributed by atoms with van der Waals surface area (Å²) in [6.45, 7) is 4.71. The van der Waals surface area contributed by atoms with Gasteiger partial charge in [0.15, 0.2) is 5.95 Å². The van der Waals surface area contributed by atoms with Gasteiger partial charge in [-0.1, -0.05) is 6.58 Å². The molecule has 0 atom stereocenters. The molecule has 1 saturated heterocycles. The van der Waals surface area contributed by atoms with Gasteiger partial charge in [-0.05, 0) is 18.2 Å². The van der Waals surface area contributed by atoms with Crippen LogP contribution in [0.25, 0.3) is 33.7 Å². The zero-order valence-electron chi connectivity index (χ0n) is 16.7. The molecule has 3 N–H and O–H groups in total. The Morgan fingerprint density at radius 2 is 1.90 bits per heavy atom. The summed E-state index contributed by atoms with van der Waals surface area (Å²) in [4.78, 5) is 17.9. The molecule has 4 aromatic rings. The largest absolute Gasteiger partial charge is 0.371 e. The van der Waals surface area contributed by atoms with Gasteiger partial charge in [0.05, 0.1) is 23.8 Å². The van der Waals surface area contributed by atoms with Crippen LogP contribution in [-0.4, -0.2) is 48.4 Å². The second kappa shape index (κ2) is 7.19. The minimum absolute atomic E-state index is 0.149. The summed E-state index contributed by atoms with van der Waals surface area (Å²) in [5.74, 6) is -2.24. The second-order valence-electron chi connectivity index (χ2n) is 7.73. The quantitative estimate of drug-likeness (QED) is 0.518. The SMILES string of the molecule is C=C(c1cnc2c(ccn2-c2cncc(-c3cnc(N)[nH]3)c2)c1)N1CCC(F)(F)CC1. The first kappa shape index (κ1) is 19.2. The third kappa shape index (κ3) is 3.63. The van der Waals surface area contributed by atoms with Gasteiger partial charge in [0.25, 0.3) is 5.92 Å². The number of aromatic amines is 1. The first-order chi connectivity index (χ1) is 14.9. The summed E-state index contributed by atoms with van der Waals surface area (Å²) in [5.41, 5.74) is 10.5. The second-order valence-corrected chi connectivity index (χ2v) is 7.73. The molecular formula is C22H21F2N7. The Morgan fingerprint density at radius 1 is 1.10 bits per heavy atom. The molecule has 31 heavy (non-hydrogen) atoms. The van der Waals surface area contributed by atoms with Crippen molar-refractivity contribution < 1.29 is 8.78 Å². The van der Waals surface area contributed by atoms with Crippen molar-refractivity contribution in [3.8, 4) is 16.9 Å². The number of nitrogens with zero attached hydrogens (tertiary/aromatic N) is 5. The molecule has 1 fully saturated rings. The standard InChI is InChI=1S/C22H21F2N7/c1-14(30-6-3-22(23,24)4-7-30)16-8-15-2-5-31(20(15)27-11-16)18-9-17(10-26-12-18)19-13-28-21(25)29-19/h2,5,8-13H,1,3-4,6-7H2,(H3,25,28,29). The van der Waals surface area contributed by atoms with E-state index in [4.69, 9.17) is 5.73 Å². The van der Waals surface area contributed by atoms with E-state index in [2.05, 4.69) is 26.5 Å². The molecule has 1 aliphatic heterocycles. The summed E-state index contributed by atoms with van der Waals surface area (Å²) in [7, 11) is 0. The number of anilines is 1. The van der Waals surface area contributed by atoms with E-state index in [1.54, 1.807) is 24.8 Å². The van der Waals surface area contributed by atoms with Gasteiger partial charge in [-0.2, -0.15) is 0 Å². The zero-order chi connectivity index (χ0) is 21.6. The number of nitrogens with one attached hydrogen (secondary N) is 1. The van der Waals surface area contributed by atoms with Crippen molar-refractivity contribution in [1.29, 1.82) is 0 Å². The molecule has 0 amide bonds. The number of pyridine rings is 2. The van der Waals surface area contributed by atoms with Crippen LogP contribution in [0.1, 0.15) is 18.4 Å². The molecule has 0 radical (unpaired) electrons. The zero-order valence-corrected chi connectivity index (χ0v) is 16.7. The number of fused-ring (bicyclic) bond motifs is 1. The van der Waals surface area contributed by atoms with Crippen molar-refractivity contribution in [3.05, 3.63) is 61.3 Å². The van der Waals surface area contributed by atoms with Gasteiger partial charge >= 0.3 is 0 Å². The van der Waals surface area contributed by atoms with Crippen LogP contribution in [0.2, 0.25) is 0 Å². The Balaban J connectivity index is 1.43. The lowest BCUT2D eigenvalue weighted by molar-refractivity contribution is -0.0450. The van der Waals surface area contributed by atoms with E-state index in [0.29, 0.717) is 19.0 Å². The molecule has 0 aromatic carbocycles. The molecule has 0 aliphatic carbocycles. The highest BCUT2D eigenvalue weighted by atomic mass is 19.3. The third-order valence-electron chi connectivity index (χ3n) is 5.64. The molecule has 9 heteroatoms. The topological polar surface area (TPSA) is 88.6 Å². The van der Waals surface area contributed by atoms with E-state index in [0.717, 1.165) is 39.2 Å². The number of nitrogens with two attached hydrogens (primary N) is 1. The Hall–Kier alpha value is -3.75. The van der Waals surface area contributed by atoms with Crippen LogP contribution in [0, 0.1) is 0 Å². The van der Waals surface area contributed by atoms with Crippen LogP contribution in [0.15, 0.2) is 55.8 Å². The molecular weight excluding hydrogens is 400 g/mol. The van der Waals surface area contributed by atoms with Crippen LogP contribution < -0.4 is 5.73 Å². The number of halogens is 2. The molecule has 5 rings (SSSR count). The van der Waals surface area contributed by atoms with Crippen molar-refractivity contribution in [3.63, 3.8) is 0 Å². The minimum Gasteiger partial charge on any atom is -0.371 e. The average Bonchev–Trinajstić information content (AvgIpc) is 3.39. The number of likely N-dealkylation sites (tertiary alicyclic amines) is 1. The van der Waals surface area contributed by atoms with Crippen molar-refractivity contribution in [2.45, 2.75) is 18.8 Å². The summed E-state index contributed by atoms with van der Waals surface area (Å²) in [5, 5.41) is 0.928. The maximum absolute atomic E-state index is 13.5. The monoisotopic (exact) mass is 421 g/mol. The van der Waals surface area contributed by atoms with Gasteiger partial charge in [0.1, 0.15) is 5.65 Å². The number of hydrogen-bond acceptors (Lipinski definition) is 5. The molecule has 5 heterocycles. The number of rotatable bonds is 4. The van der Waals surface area contributed by atoms with Gasteiger partial charge in [-0.15, -0.1) is 0 Å². The third-order valence-corrected chi connectivity index (χ3v) is 5.64. The van der Waals surface area contributed by atoms with Crippen molar-refractivity contribution in [1.82, 2.24) is 29.4 Å². The van der Waals surface area contributed by atoms with E-state index in [9.17, 15) is 8.78 Å². The Kier molecular flexibility index (Phi) is 4.46. The first-order valence-corrected chi connectivity index (χ1v) is 9.95. The number of hydrogen-bond donors (Lipinski definition) is 2. The van der Waals surface area contributed by atoms with Crippen molar-refractivity contribution in [2.24, 2.45) is 0 Å². The molecule has 158 valence electrons. The van der Waals surface area contributed by atoms with Crippen LogP contribution in [-0.2, 0) is 0 Å². The maximum atomic E-state index is 13.5. The molecule has 7 nitrogen and oxygen atoms in total. The fourth-order valence-electron chi connectivity index (χ4n) is 3.87. The predicted octanol–water partition coefficient (Wildman–Crippen LogP) is 4.09. The Labute approximate surface area is 177 Å². The number of alkyl halides is 2. The van der Waals surface area contributed by atoms with Crippen LogP contribution in [0.3, 0.4) is 0 Å². The van der Waals surface area contributed by atoms with E-state index in [1.165, 1.54) is 0 Å². The molecule has 0 bridgehead atoms. The lowest BCUT2D eigenvalue weighted by Crippen LogP contribution is -2.38. The Morgan fingerprint density at radius 3 is 2.65 bits per heavy atom. The predicted molar refractivity (Wildman–Crippen MR) is 116 cm³/mol. The lowest BCUT2D eigenvalue weighted by atomic mass is 10.0. The van der Waals surface area contributed by atoms with Crippen LogP contribution in [0.4, 0.5) is 14.7 Å². The number of piperidine rings is 1. The normalized spacial score (nSPS) is 16.0. The summed E-state index contributed by atoms with van der Waals surface area (Å²) in [6.07, 6.45) is 8.52. The molecule has 1 aliphatic rings. The summed E-state index contributed by atoms with van der Waals surface area (Å²) in [6, 6.07) is 5.92. The number of H-pyrrole nitrogens is 1. The molecule has 0 saturated carbocycles. The van der Waals surface area contributed by atoms with Gasteiger partial charge < -0.3 is 15.6 Å². The smallest absolute Gasteiger partial charge is 0.251 e. The first-order valence-electron chi connectivity index (χ1n) is 9.95. The number of aromatic nitrogens is 5. The van der Waals surface area contributed by atoms with Gasteiger partial charge in [0.2, 0.25) is 0 Å². The van der Waals surface area contributed by atoms with Crippen molar-refractivity contribution in [2.75, 3.05) is 18.8 Å². The number of nitrogen functional groups attached to an aromatic ring is 1. The molecule has 4 aromatic heterocycles. The van der Waals surface area contributed by atoms with E-state index in [1.807, 2.05) is 33.9 Å². The van der Waals surface area contributed by atoms with E-state index >= 15 is 0 Å². The minimum atomic E-state index is -2.58. The lowest BCUT2D eigenvalue weighted by Gasteiger charge is -2.34. The fraction of sp³-hybridized carbons (Fsp3) is 0.227. The van der Waals surface area contributed by atoms with Crippen molar-refractivity contribution >= 4 is 22.7 Å². The van der Waals surface area contributed by atoms with Gasteiger partial charge in [-0.25, -0.2) is 18.7 Å². The van der Waals surface area contributed by atoms with Crippen LogP contribution >= 0.6 is 0 Å². The number of imidazole rings is 1. The molecule has 0 unspecified atom stereocenters. The van der Waals surface area contributed by atoms with Gasteiger partial charge in [-0.3, -0.25) is 9.55 Å². The maximum Gasteiger partial charge on any atom is 0.251 e. The highest BCUT2D eigenvalue weighted by Crippen LogP contribution is 2.32. The average molecular weight is 421 g/mol. The highest BCUT2D eigenvalue weighted by Gasteiger charge is 2.34. The molecule has 0 spiro atoms. The van der Waals surface area contributed by atoms with E-state index in [-0.39, 0.29) is 12.8 Å².